The van der Waals surface area contributed by atoms with Gasteiger partial charge in [0.15, 0.2) is 0 Å². The molecule has 0 atom stereocenters. The number of carbonyl (C=O) groups excluding carboxylic acids is 1. The van der Waals surface area contributed by atoms with Crippen LogP contribution < -0.4 is 10.2 Å². The number of ether oxygens (including phenoxy) is 1. The molecule has 0 radical (unpaired) electrons. The molecule has 1 N–H and O–H groups in total. The second kappa shape index (κ2) is 9.14. The third kappa shape index (κ3) is 6.60. The van der Waals surface area contributed by atoms with Crippen LogP contribution in [0.25, 0.3) is 0 Å². The monoisotopic (exact) mass is 262 g/mol. The number of hydrazone groups is 1. The van der Waals surface area contributed by atoms with Crippen molar-refractivity contribution in [3.8, 4) is 5.75 Å². The van der Waals surface area contributed by atoms with E-state index in [1.54, 1.807) is 13.3 Å². The fourth-order valence-corrected chi connectivity index (χ4v) is 1.67. The number of rotatable bonds is 8. The fraction of sp³-hybridized carbons (Fsp3) is 0.467. The van der Waals surface area contributed by atoms with Crippen molar-refractivity contribution in [2.75, 3.05) is 7.11 Å². The number of benzene rings is 1. The topological polar surface area (TPSA) is 50.7 Å². The molecule has 0 aromatic heterocycles. The van der Waals surface area contributed by atoms with E-state index in [2.05, 4.69) is 17.5 Å². The van der Waals surface area contributed by atoms with Crippen molar-refractivity contribution >= 4 is 12.1 Å². The Morgan fingerprint density at radius 3 is 2.95 bits per heavy atom. The van der Waals surface area contributed by atoms with E-state index in [0.717, 1.165) is 24.2 Å². The maximum atomic E-state index is 11.5. The third-order valence-corrected chi connectivity index (χ3v) is 2.75. The standard InChI is InChI=1S/C15H22N2O2/c1-3-4-5-6-10-15(18)17-16-12-13-8-7-9-14(11-13)19-2/h7-9,11-12H,3-6,10H2,1-2H3,(H,17,18)/b16-12+. The smallest absolute Gasteiger partial charge is 0.240 e. The van der Waals surface area contributed by atoms with Gasteiger partial charge in [0.05, 0.1) is 13.3 Å². The van der Waals surface area contributed by atoms with Crippen LogP contribution in [0, 0.1) is 0 Å². The van der Waals surface area contributed by atoms with Gasteiger partial charge in [0, 0.05) is 6.42 Å². The quantitative estimate of drug-likeness (QED) is 0.444. The van der Waals surface area contributed by atoms with Crippen LogP contribution in [-0.2, 0) is 4.79 Å². The summed E-state index contributed by atoms with van der Waals surface area (Å²) in [7, 11) is 1.62. The van der Waals surface area contributed by atoms with Gasteiger partial charge in [0.2, 0.25) is 5.91 Å². The van der Waals surface area contributed by atoms with E-state index in [0.29, 0.717) is 6.42 Å². The molecule has 0 bridgehead atoms. The Kier molecular flexibility index (Phi) is 7.32. The van der Waals surface area contributed by atoms with Crippen LogP contribution in [0.3, 0.4) is 0 Å². The lowest BCUT2D eigenvalue weighted by Crippen LogP contribution is -2.16. The van der Waals surface area contributed by atoms with Gasteiger partial charge in [0.25, 0.3) is 0 Å². The molecule has 0 saturated carbocycles. The molecule has 4 heteroatoms. The molecule has 0 aliphatic rings. The van der Waals surface area contributed by atoms with Gasteiger partial charge in [-0.25, -0.2) is 5.43 Å². The molecule has 0 spiro atoms. The molecule has 1 rings (SSSR count). The largest absolute Gasteiger partial charge is 0.497 e. The lowest BCUT2D eigenvalue weighted by Gasteiger charge is -2.01. The Bertz CT molecular complexity index is 416. The molecule has 104 valence electrons. The van der Waals surface area contributed by atoms with Crippen LogP contribution in [0.4, 0.5) is 0 Å². The highest BCUT2D eigenvalue weighted by Crippen LogP contribution is 2.10. The highest BCUT2D eigenvalue weighted by Gasteiger charge is 1.98. The van der Waals surface area contributed by atoms with Gasteiger partial charge >= 0.3 is 0 Å². The molecule has 1 aromatic rings. The van der Waals surface area contributed by atoms with Crippen LogP contribution in [0.1, 0.15) is 44.6 Å². The first-order valence-electron chi connectivity index (χ1n) is 6.72. The number of hydrogen-bond acceptors (Lipinski definition) is 3. The van der Waals surface area contributed by atoms with E-state index in [1.165, 1.54) is 12.8 Å². The predicted molar refractivity (Wildman–Crippen MR) is 77.5 cm³/mol. The second-order valence-electron chi connectivity index (χ2n) is 4.38. The first kappa shape index (κ1) is 15.2. The predicted octanol–water partition coefficient (Wildman–Crippen LogP) is 3.12. The van der Waals surface area contributed by atoms with Crippen LogP contribution in [0.5, 0.6) is 5.75 Å². The Morgan fingerprint density at radius 1 is 1.37 bits per heavy atom. The van der Waals surface area contributed by atoms with Crippen LogP contribution >= 0.6 is 0 Å². The Balaban J connectivity index is 2.30. The SMILES string of the molecule is CCCCCCC(=O)N/N=C/c1cccc(OC)c1. The maximum absolute atomic E-state index is 11.5. The van der Waals surface area contributed by atoms with Crippen molar-refractivity contribution in [2.45, 2.75) is 39.0 Å². The molecule has 4 nitrogen and oxygen atoms in total. The molecule has 0 unspecified atom stereocenters. The minimum atomic E-state index is -0.0322. The van der Waals surface area contributed by atoms with Crippen molar-refractivity contribution in [1.82, 2.24) is 5.43 Å². The van der Waals surface area contributed by atoms with E-state index < -0.39 is 0 Å². The zero-order valence-electron chi connectivity index (χ0n) is 11.7. The number of nitrogens with zero attached hydrogens (tertiary/aromatic N) is 1. The molecule has 19 heavy (non-hydrogen) atoms. The molecular weight excluding hydrogens is 240 g/mol. The van der Waals surface area contributed by atoms with E-state index in [-0.39, 0.29) is 5.91 Å². The van der Waals surface area contributed by atoms with Gasteiger partial charge in [-0.05, 0) is 24.1 Å². The summed E-state index contributed by atoms with van der Waals surface area (Å²) < 4.78 is 5.11. The van der Waals surface area contributed by atoms with Crippen molar-refractivity contribution in [2.24, 2.45) is 5.10 Å². The number of nitrogens with one attached hydrogen (secondary N) is 1. The average Bonchev–Trinajstić information content (AvgIpc) is 2.44. The van der Waals surface area contributed by atoms with Gasteiger partial charge in [-0.2, -0.15) is 5.10 Å². The first-order chi connectivity index (χ1) is 9.26. The number of amides is 1. The average molecular weight is 262 g/mol. The Labute approximate surface area is 114 Å². The normalized spacial score (nSPS) is 10.6. The number of carbonyl (C=O) groups is 1. The first-order valence-corrected chi connectivity index (χ1v) is 6.72. The maximum Gasteiger partial charge on any atom is 0.240 e. The van der Waals surface area contributed by atoms with Gasteiger partial charge in [-0.15, -0.1) is 0 Å². The fourth-order valence-electron chi connectivity index (χ4n) is 1.67. The van der Waals surface area contributed by atoms with Crippen LogP contribution in [0.2, 0.25) is 0 Å². The Hall–Kier alpha value is -1.84. The molecular formula is C15H22N2O2. The lowest BCUT2D eigenvalue weighted by atomic mass is 10.1. The number of unbranched alkanes of at least 4 members (excludes halogenated alkanes) is 3. The molecule has 1 aromatic carbocycles. The summed E-state index contributed by atoms with van der Waals surface area (Å²) in [6.45, 7) is 2.15. The summed E-state index contributed by atoms with van der Waals surface area (Å²) >= 11 is 0. The summed E-state index contributed by atoms with van der Waals surface area (Å²) in [5.41, 5.74) is 3.43. The van der Waals surface area contributed by atoms with E-state index in [9.17, 15) is 4.79 Å². The summed E-state index contributed by atoms with van der Waals surface area (Å²) in [6.07, 6.45) is 6.54. The van der Waals surface area contributed by atoms with Crippen molar-refractivity contribution in [3.05, 3.63) is 29.8 Å². The van der Waals surface area contributed by atoms with Crippen molar-refractivity contribution in [1.29, 1.82) is 0 Å². The molecule has 0 fully saturated rings. The van der Waals surface area contributed by atoms with Crippen molar-refractivity contribution in [3.63, 3.8) is 0 Å². The van der Waals surface area contributed by atoms with Crippen LogP contribution in [-0.4, -0.2) is 19.2 Å². The minimum absolute atomic E-state index is 0.0322. The second-order valence-corrected chi connectivity index (χ2v) is 4.38. The summed E-state index contributed by atoms with van der Waals surface area (Å²) in [6, 6.07) is 7.51. The number of methoxy groups -OCH3 is 1. The van der Waals surface area contributed by atoms with Crippen LogP contribution in [0.15, 0.2) is 29.4 Å². The van der Waals surface area contributed by atoms with Gasteiger partial charge in [-0.1, -0.05) is 38.3 Å². The highest BCUT2D eigenvalue weighted by molar-refractivity contribution is 5.82. The lowest BCUT2D eigenvalue weighted by molar-refractivity contribution is -0.121. The third-order valence-electron chi connectivity index (χ3n) is 2.75. The molecule has 0 heterocycles. The molecule has 0 aliphatic carbocycles. The molecule has 0 saturated heterocycles. The molecule has 0 aliphatic heterocycles. The highest BCUT2D eigenvalue weighted by atomic mass is 16.5. The zero-order chi connectivity index (χ0) is 13.9. The van der Waals surface area contributed by atoms with Gasteiger partial charge in [0.1, 0.15) is 5.75 Å². The van der Waals surface area contributed by atoms with Gasteiger partial charge in [-0.3, -0.25) is 4.79 Å². The van der Waals surface area contributed by atoms with Crippen molar-refractivity contribution < 1.29 is 9.53 Å². The van der Waals surface area contributed by atoms with E-state index in [1.807, 2.05) is 24.3 Å². The van der Waals surface area contributed by atoms with Gasteiger partial charge < -0.3 is 4.74 Å². The Morgan fingerprint density at radius 2 is 2.21 bits per heavy atom. The summed E-state index contributed by atoms with van der Waals surface area (Å²) in [5.74, 6) is 0.741. The summed E-state index contributed by atoms with van der Waals surface area (Å²) in [4.78, 5) is 11.5. The summed E-state index contributed by atoms with van der Waals surface area (Å²) in [5, 5.41) is 3.94. The minimum Gasteiger partial charge on any atom is -0.497 e. The molecule has 1 amide bonds. The number of hydrogen-bond donors (Lipinski definition) is 1. The zero-order valence-corrected chi connectivity index (χ0v) is 11.7. The van der Waals surface area contributed by atoms with E-state index in [4.69, 9.17) is 4.74 Å². The van der Waals surface area contributed by atoms with E-state index >= 15 is 0 Å².